The number of ether oxygens (including phenoxy) is 1. The zero-order valence-electron chi connectivity index (χ0n) is 19.6. The molecule has 0 unspecified atom stereocenters. The molecule has 1 N–H and O–H groups in total. The molecular formula is C23H30N4O6S. The number of carbonyl (C=O) groups is 1. The number of hydrogen-bond donors (Lipinski definition) is 1. The topological polar surface area (TPSA) is 122 Å². The number of carbonyl (C=O) groups excluding carboxylic acids is 1. The van der Waals surface area contributed by atoms with Crippen molar-refractivity contribution in [3.05, 3.63) is 69.3 Å². The summed E-state index contributed by atoms with van der Waals surface area (Å²) in [7, 11) is -3.90. The highest BCUT2D eigenvalue weighted by atomic mass is 32.2. The van der Waals surface area contributed by atoms with Crippen molar-refractivity contribution in [1.82, 2.24) is 10.2 Å². The fraction of sp³-hybridized carbons (Fsp3) is 0.435. The van der Waals surface area contributed by atoms with Gasteiger partial charge in [0, 0.05) is 38.3 Å². The third-order valence-corrected chi connectivity index (χ3v) is 6.93. The molecule has 1 saturated heterocycles. The van der Waals surface area contributed by atoms with Crippen molar-refractivity contribution in [2.24, 2.45) is 0 Å². The minimum Gasteiger partial charge on any atom is -0.379 e. The first-order valence-electron chi connectivity index (χ1n) is 11.0. The Hall–Kier alpha value is -3.02. The molecule has 0 bridgehead atoms. The number of nitrogens with one attached hydrogen (secondary N) is 1. The van der Waals surface area contributed by atoms with Crippen molar-refractivity contribution in [1.29, 1.82) is 0 Å². The van der Waals surface area contributed by atoms with Crippen LogP contribution in [0.1, 0.15) is 23.6 Å². The molecule has 1 fully saturated rings. The van der Waals surface area contributed by atoms with Crippen LogP contribution in [0.4, 0.5) is 11.4 Å². The zero-order chi connectivity index (χ0) is 24.9. The minimum absolute atomic E-state index is 0.104. The Morgan fingerprint density at radius 1 is 1.21 bits per heavy atom. The normalized spacial score (nSPS) is 15.5. The van der Waals surface area contributed by atoms with Gasteiger partial charge in [0.25, 0.3) is 5.69 Å². The number of hydrogen-bond acceptors (Lipinski definition) is 7. The van der Waals surface area contributed by atoms with Gasteiger partial charge in [0.2, 0.25) is 15.9 Å². The summed E-state index contributed by atoms with van der Waals surface area (Å²) in [6.07, 6.45) is 0.976. The third kappa shape index (κ3) is 6.52. The molecule has 0 aromatic heterocycles. The molecule has 0 radical (unpaired) electrons. The third-order valence-electron chi connectivity index (χ3n) is 5.70. The molecule has 34 heavy (non-hydrogen) atoms. The average molecular weight is 491 g/mol. The molecule has 2 aromatic carbocycles. The smallest absolute Gasteiger partial charge is 0.271 e. The van der Waals surface area contributed by atoms with E-state index in [0.29, 0.717) is 18.8 Å². The van der Waals surface area contributed by atoms with Crippen molar-refractivity contribution in [3.63, 3.8) is 0 Å². The van der Waals surface area contributed by atoms with E-state index in [1.54, 1.807) is 6.92 Å². The van der Waals surface area contributed by atoms with E-state index >= 15 is 0 Å². The molecule has 0 spiro atoms. The van der Waals surface area contributed by atoms with Gasteiger partial charge in [-0.2, -0.15) is 0 Å². The fourth-order valence-electron chi connectivity index (χ4n) is 3.92. The molecule has 10 nitrogen and oxygen atoms in total. The van der Waals surface area contributed by atoms with Gasteiger partial charge in [-0.05, 0) is 30.5 Å². The van der Waals surface area contributed by atoms with E-state index < -0.39 is 26.9 Å². The number of morpholine rings is 1. The number of nitrogens with zero attached hydrogens (tertiary/aromatic N) is 3. The summed E-state index contributed by atoms with van der Waals surface area (Å²) in [5.41, 5.74) is 2.37. The Labute approximate surface area is 199 Å². The van der Waals surface area contributed by atoms with Crippen molar-refractivity contribution in [2.75, 3.05) is 36.9 Å². The van der Waals surface area contributed by atoms with Gasteiger partial charge < -0.3 is 10.1 Å². The zero-order valence-corrected chi connectivity index (χ0v) is 20.4. The van der Waals surface area contributed by atoms with Crippen LogP contribution in [0.5, 0.6) is 0 Å². The summed E-state index contributed by atoms with van der Waals surface area (Å²) < 4.78 is 31.5. The Morgan fingerprint density at radius 2 is 1.88 bits per heavy atom. The Bertz CT molecular complexity index is 1150. The first kappa shape index (κ1) is 25.6. The number of benzene rings is 2. The van der Waals surface area contributed by atoms with Crippen molar-refractivity contribution in [2.45, 2.75) is 33.0 Å². The number of aryl methyl sites for hydroxylation is 1. The largest absolute Gasteiger partial charge is 0.379 e. The van der Waals surface area contributed by atoms with E-state index in [0.717, 1.165) is 41.3 Å². The van der Waals surface area contributed by atoms with Crippen LogP contribution in [0, 0.1) is 17.0 Å². The van der Waals surface area contributed by atoms with Gasteiger partial charge in [0.1, 0.15) is 6.04 Å². The predicted octanol–water partition coefficient (Wildman–Crippen LogP) is 2.21. The maximum Gasteiger partial charge on any atom is 0.271 e. The lowest BCUT2D eigenvalue weighted by Crippen LogP contribution is -2.48. The molecule has 0 aliphatic carbocycles. The molecule has 11 heteroatoms. The lowest BCUT2D eigenvalue weighted by molar-refractivity contribution is -0.384. The van der Waals surface area contributed by atoms with Gasteiger partial charge in [-0.1, -0.05) is 30.3 Å². The Kier molecular flexibility index (Phi) is 8.24. The monoisotopic (exact) mass is 490 g/mol. The first-order chi connectivity index (χ1) is 16.1. The Morgan fingerprint density at radius 3 is 2.53 bits per heavy atom. The van der Waals surface area contributed by atoms with Gasteiger partial charge >= 0.3 is 0 Å². The molecule has 1 aliphatic rings. The van der Waals surface area contributed by atoms with Gasteiger partial charge in [-0.15, -0.1) is 0 Å². The molecule has 1 aliphatic heterocycles. The second kappa shape index (κ2) is 10.9. The lowest BCUT2D eigenvalue weighted by Gasteiger charge is -2.29. The molecule has 1 amide bonds. The van der Waals surface area contributed by atoms with E-state index in [1.165, 1.54) is 25.1 Å². The molecular weight excluding hydrogens is 460 g/mol. The number of rotatable bonds is 9. The number of non-ortho nitro benzene ring substituents is 1. The van der Waals surface area contributed by atoms with Crippen LogP contribution >= 0.6 is 0 Å². The summed E-state index contributed by atoms with van der Waals surface area (Å²) >= 11 is 0. The number of nitro groups is 1. The summed E-state index contributed by atoms with van der Waals surface area (Å²) in [5, 5.41) is 14.0. The minimum atomic E-state index is -3.90. The number of amides is 1. The van der Waals surface area contributed by atoms with Crippen LogP contribution in [0.3, 0.4) is 0 Å². The second-order valence-electron chi connectivity index (χ2n) is 8.39. The van der Waals surface area contributed by atoms with E-state index in [9.17, 15) is 23.3 Å². The lowest BCUT2D eigenvalue weighted by atomic mass is 10.1. The van der Waals surface area contributed by atoms with Crippen LogP contribution in [-0.4, -0.2) is 62.7 Å². The van der Waals surface area contributed by atoms with Crippen LogP contribution < -0.4 is 9.62 Å². The molecule has 184 valence electrons. The van der Waals surface area contributed by atoms with Crippen LogP contribution in [0.25, 0.3) is 0 Å². The Balaban J connectivity index is 1.73. The fourth-order valence-corrected chi connectivity index (χ4v) is 5.15. The maximum absolute atomic E-state index is 12.9. The van der Waals surface area contributed by atoms with E-state index in [2.05, 4.69) is 10.2 Å². The number of anilines is 1. The first-order valence-corrected chi connectivity index (χ1v) is 12.8. The van der Waals surface area contributed by atoms with Crippen LogP contribution in [0.15, 0.2) is 42.5 Å². The summed E-state index contributed by atoms with van der Waals surface area (Å²) in [4.78, 5) is 25.8. The molecule has 3 rings (SSSR count). The van der Waals surface area contributed by atoms with E-state index in [4.69, 9.17) is 4.74 Å². The highest BCUT2D eigenvalue weighted by Crippen LogP contribution is 2.29. The summed E-state index contributed by atoms with van der Waals surface area (Å²) in [6, 6.07) is 10.7. The van der Waals surface area contributed by atoms with Gasteiger partial charge in [-0.3, -0.25) is 24.1 Å². The van der Waals surface area contributed by atoms with Crippen molar-refractivity contribution < 1.29 is 22.9 Å². The summed E-state index contributed by atoms with van der Waals surface area (Å²) in [6.45, 7) is 7.29. The van der Waals surface area contributed by atoms with Gasteiger partial charge in [0.05, 0.1) is 30.1 Å². The molecule has 2 aromatic rings. The maximum atomic E-state index is 12.9. The molecule has 1 atom stereocenters. The van der Waals surface area contributed by atoms with Crippen LogP contribution in [0.2, 0.25) is 0 Å². The second-order valence-corrected chi connectivity index (χ2v) is 10.2. The average Bonchev–Trinajstić information content (AvgIpc) is 2.78. The van der Waals surface area contributed by atoms with Crippen molar-refractivity contribution in [3.8, 4) is 0 Å². The molecule has 0 saturated carbocycles. The quantitative estimate of drug-likeness (QED) is 0.422. The predicted molar refractivity (Wildman–Crippen MR) is 129 cm³/mol. The van der Waals surface area contributed by atoms with Crippen LogP contribution in [-0.2, 0) is 32.6 Å². The van der Waals surface area contributed by atoms with Gasteiger partial charge in [-0.25, -0.2) is 8.42 Å². The standard InChI is InChI=1S/C23H30N4O6S/c1-17-7-8-21(27(29)30)14-22(17)26(34(3,31)32)18(2)23(28)24-15-19-5-4-6-20(13-19)16-25-9-11-33-12-10-25/h4-8,13-14,18H,9-12,15-16H2,1-3H3,(H,24,28)/t18-/m1/s1. The van der Waals surface area contributed by atoms with E-state index in [-0.39, 0.29) is 17.9 Å². The van der Waals surface area contributed by atoms with Gasteiger partial charge in [0.15, 0.2) is 0 Å². The highest BCUT2D eigenvalue weighted by molar-refractivity contribution is 7.92. The molecule has 1 heterocycles. The van der Waals surface area contributed by atoms with Crippen molar-refractivity contribution >= 4 is 27.3 Å². The SMILES string of the molecule is Cc1ccc([N+](=O)[O-])cc1N([C@H](C)C(=O)NCc1cccc(CN2CCOCC2)c1)S(C)(=O)=O. The van der Waals surface area contributed by atoms with E-state index in [1.807, 2.05) is 24.3 Å². The highest BCUT2D eigenvalue weighted by Gasteiger charge is 2.31. The summed E-state index contributed by atoms with van der Waals surface area (Å²) in [5.74, 6) is -0.505. The number of sulfonamides is 1. The number of nitro benzene ring substituents is 1.